The molecule has 0 aromatic rings. The zero-order chi connectivity index (χ0) is 17.2. The van der Waals surface area contributed by atoms with E-state index < -0.39 is 5.60 Å². The van der Waals surface area contributed by atoms with E-state index in [0.29, 0.717) is 17.4 Å². The van der Waals surface area contributed by atoms with Crippen molar-refractivity contribution in [1.82, 2.24) is 10.6 Å². The van der Waals surface area contributed by atoms with Gasteiger partial charge < -0.3 is 15.4 Å². The van der Waals surface area contributed by atoms with Crippen LogP contribution in [-0.4, -0.2) is 29.8 Å². The summed E-state index contributed by atoms with van der Waals surface area (Å²) in [6.07, 6.45) is 3.37. The molecular weight excluding hydrogens is 276 g/mol. The van der Waals surface area contributed by atoms with Gasteiger partial charge in [-0.3, -0.25) is 0 Å². The summed E-state index contributed by atoms with van der Waals surface area (Å²) in [5.74, 6) is 0.668. The van der Waals surface area contributed by atoms with Gasteiger partial charge in [-0.2, -0.15) is 0 Å². The van der Waals surface area contributed by atoms with Crippen LogP contribution in [0.2, 0.25) is 0 Å². The fourth-order valence-corrected chi connectivity index (χ4v) is 3.26. The third kappa shape index (κ3) is 6.99. The lowest BCUT2D eigenvalue weighted by Gasteiger charge is -2.41. The smallest absolute Gasteiger partial charge is 0.408 e. The Kier molecular flexibility index (Phi) is 5.94. The topological polar surface area (TPSA) is 50.4 Å². The molecule has 0 heterocycles. The van der Waals surface area contributed by atoms with E-state index in [9.17, 15) is 4.79 Å². The van der Waals surface area contributed by atoms with Crippen LogP contribution in [0.25, 0.3) is 0 Å². The third-order valence-electron chi connectivity index (χ3n) is 4.34. The molecule has 0 saturated heterocycles. The first kappa shape index (κ1) is 19.3. The van der Waals surface area contributed by atoms with Crippen molar-refractivity contribution in [2.24, 2.45) is 11.3 Å². The van der Waals surface area contributed by atoms with Crippen LogP contribution in [0.1, 0.15) is 74.7 Å². The first-order valence-electron chi connectivity index (χ1n) is 8.54. The summed E-state index contributed by atoms with van der Waals surface area (Å²) >= 11 is 0. The van der Waals surface area contributed by atoms with Crippen molar-refractivity contribution in [3.8, 4) is 0 Å². The highest BCUT2D eigenvalue weighted by Crippen LogP contribution is 2.38. The van der Waals surface area contributed by atoms with Crippen molar-refractivity contribution in [2.75, 3.05) is 6.54 Å². The number of rotatable bonds is 4. The molecule has 1 aliphatic carbocycles. The Balaban J connectivity index is 2.44. The van der Waals surface area contributed by atoms with E-state index in [-0.39, 0.29) is 11.6 Å². The van der Waals surface area contributed by atoms with Gasteiger partial charge in [0.1, 0.15) is 5.60 Å². The number of carbonyl (C=O) groups is 1. The molecule has 0 radical (unpaired) electrons. The maximum atomic E-state index is 11.9. The lowest BCUT2D eigenvalue weighted by atomic mass is 9.70. The standard InChI is InChI=1S/C18H36N2O2/c1-13-11-17(5,6)10-9-14(13)19-12-18(7,8)20-15(21)22-16(2,3)4/h13-14,19H,9-12H2,1-8H3,(H,20,21). The van der Waals surface area contributed by atoms with E-state index in [4.69, 9.17) is 4.74 Å². The van der Waals surface area contributed by atoms with Crippen LogP contribution in [-0.2, 0) is 4.74 Å². The van der Waals surface area contributed by atoms with Gasteiger partial charge in [0.05, 0.1) is 5.54 Å². The molecule has 4 nitrogen and oxygen atoms in total. The van der Waals surface area contributed by atoms with E-state index >= 15 is 0 Å². The van der Waals surface area contributed by atoms with Gasteiger partial charge in [0, 0.05) is 12.6 Å². The summed E-state index contributed by atoms with van der Waals surface area (Å²) in [6.45, 7) is 17.5. The van der Waals surface area contributed by atoms with Gasteiger partial charge in [0.15, 0.2) is 0 Å². The predicted molar refractivity (Wildman–Crippen MR) is 92.0 cm³/mol. The second-order valence-electron chi connectivity index (χ2n) is 9.38. The lowest BCUT2D eigenvalue weighted by molar-refractivity contribution is 0.0466. The summed E-state index contributed by atoms with van der Waals surface area (Å²) in [5.41, 5.74) is -0.325. The van der Waals surface area contributed by atoms with Gasteiger partial charge in [-0.15, -0.1) is 0 Å². The summed E-state index contributed by atoms with van der Waals surface area (Å²) in [7, 11) is 0. The molecule has 0 aliphatic heterocycles. The van der Waals surface area contributed by atoms with Crippen molar-refractivity contribution in [1.29, 1.82) is 0 Å². The Bertz CT molecular complexity index is 383. The Morgan fingerprint density at radius 1 is 1.23 bits per heavy atom. The average Bonchev–Trinajstić information content (AvgIpc) is 2.22. The van der Waals surface area contributed by atoms with Crippen molar-refractivity contribution in [3.05, 3.63) is 0 Å². The highest BCUT2D eigenvalue weighted by Gasteiger charge is 2.33. The Hall–Kier alpha value is -0.770. The molecular formula is C18H36N2O2. The molecule has 4 heteroatoms. The molecule has 2 N–H and O–H groups in total. The van der Waals surface area contributed by atoms with Crippen LogP contribution in [0.15, 0.2) is 0 Å². The number of carbonyl (C=O) groups excluding carboxylic acids is 1. The van der Waals surface area contributed by atoms with Gasteiger partial charge in [0.2, 0.25) is 0 Å². The average molecular weight is 312 g/mol. The molecule has 0 aromatic heterocycles. The quantitative estimate of drug-likeness (QED) is 0.822. The number of alkyl carbamates (subject to hydrolysis) is 1. The number of amides is 1. The first-order chi connectivity index (χ1) is 9.80. The molecule has 22 heavy (non-hydrogen) atoms. The summed E-state index contributed by atoms with van der Waals surface area (Å²) in [5, 5.41) is 6.61. The van der Waals surface area contributed by atoms with Gasteiger partial charge >= 0.3 is 6.09 Å². The highest BCUT2D eigenvalue weighted by atomic mass is 16.6. The van der Waals surface area contributed by atoms with Gasteiger partial charge in [-0.05, 0) is 65.2 Å². The summed E-state index contributed by atoms with van der Waals surface area (Å²) < 4.78 is 5.34. The minimum absolute atomic E-state index is 0.324. The number of hydrogen-bond donors (Lipinski definition) is 2. The Labute approximate surface area is 136 Å². The third-order valence-corrected chi connectivity index (χ3v) is 4.34. The molecule has 130 valence electrons. The fourth-order valence-electron chi connectivity index (χ4n) is 3.26. The highest BCUT2D eigenvalue weighted by molar-refractivity contribution is 5.68. The molecule has 0 aromatic carbocycles. The fraction of sp³-hybridized carbons (Fsp3) is 0.944. The van der Waals surface area contributed by atoms with Crippen molar-refractivity contribution in [3.63, 3.8) is 0 Å². The largest absolute Gasteiger partial charge is 0.444 e. The predicted octanol–water partition coefficient (Wildman–Crippen LogP) is 4.09. The van der Waals surface area contributed by atoms with Crippen LogP contribution >= 0.6 is 0 Å². The number of nitrogens with one attached hydrogen (secondary N) is 2. The molecule has 1 rings (SSSR count). The molecule has 0 bridgehead atoms. The SMILES string of the molecule is CC1CC(C)(C)CCC1NCC(C)(C)NC(=O)OC(C)(C)C. The van der Waals surface area contributed by atoms with Gasteiger partial charge in [0.25, 0.3) is 0 Å². The van der Waals surface area contributed by atoms with Crippen LogP contribution in [0.4, 0.5) is 4.79 Å². The molecule has 1 amide bonds. The Morgan fingerprint density at radius 3 is 2.32 bits per heavy atom. The monoisotopic (exact) mass is 312 g/mol. The van der Waals surface area contributed by atoms with Crippen molar-refractivity contribution >= 4 is 6.09 Å². The molecule has 2 atom stereocenters. The van der Waals surface area contributed by atoms with E-state index in [0.717, 1.165) is 6.54 Å². The minimum atomic E-state index is -0.461. The molecule has 1 saturated carbocycles. The van der Waals surface area contributed by atoms with Crippen LogP contribution in [0.3, 0.4) is 0 Å². The first-order valence-corrected chi connectivity index (χ1v) is 8.54. The van der Waals surface area contributed by atoms with E-state index in [1.54, 1.807) is 0 Å². The van der Waals surface area contributed by atoms with Crippen LogP contribution in [0, 0.1) is 11.3 Å². The number of hydrogen-bond acceptors (Lipinski definition) is 3. The van der Waals surface area contributed by atoms with E-state index in [1.807, 2.05) is 34.6 Å². The van der Waals surface area contributed by atoms with E-state index in [1.165, 1.54) is 19.3 Å². The maximum Gasteiger partial charge on any atom is 0.408 e. The van der Waals surface area contributed by atoms with Crippen LogP contribution in [0.5, 0.6) is 0 Å². The molecule has 1 fully saturated rings. The maximum absolute atomic E-state index is 11.9. The van der Waals surface area contributed by atoms with E-state index in [2.05, 4.69) is 31.4 Å². The normalized spacial score (nSPS) is 25.6. The second-order valence-corrected chi connectivity index (χ2v) is 9.38. The van der Waals surface area contributed by atoms with Crippen molar-refractivity contribution in [2.45, 2.75) is 91.8 Å². The van der Waals surface area contributed by atoms with Crippen LogP contribution < -0.4 is 10.6 Å². The number of ether oxygens (including phenoxy) is 1. The molecule has 0 spiro atoms. The zero-order valence-corrected chi connectivity index (χ0v) is 15.8. The zero-order valence-electron chi connectivity index (χ0n) is 15.8. The summed E-state index contributed by atoms with van der Waals surface area (Å²) in [4.78, 5) is 11.9. The van der Waals surface area contributed by atoms with Gasteiger partial charge in [-0.1, -0.05) is 20.8 Å². The molecule has 2 unspecified atom stereocenters. The minimum Gasteiger partial charge on any atom is -0.444 e. The van der Waals surface area contributed by atoms with Crippen molar-refractivity contribution < 1.29 is 9.53 Å². The van der Waals surface area contributed by atoms with Gasteiger partial charge in [-0.25, -0.2) is 4.79 Å². The molecule has 1 aliphatic rings. The Morgan fingerprint density at radius 2 is 1.82 bits per heavy atom. The lowest BCUT2D eigenvalue weighted by Crippen LogP contribution is -2.54. The second kappa shape index (κ2) is 6.77. The summed E-state index contributed by atoms with van der Waals surface area (Å²) in [6, 6.07) is 0.535.